The number of benzene rings is 1. The maximum Gasteiger partial charge on any atom is 0.255 e. The first kappa shape index (κ1) is 21.0. The number of pyridine rings is 1. The largest absolute Gasteiger partial charge is 0.322 e. The Kier molecular flexibility index (Phi) is 4.99. The van der Waals surface area contributed by atoms with Crippen LogP contribution in [-0.4, -0.2) is 56.0 Å². The average molecular weight is 458 g/mol. The third-order valence-electron chi connectivity index (χ3n) is 7.32. The molecule has 8 nitrogen and oxygen atoms in total. The van der Waals surface area contributed by atoms with Gasteiger partial charge in [-0.2, -0.15) is 0 Å². The van der Waals surface area contributed by atoms with Gasteiger partial charge in [-0.1, -0.05) is 13.0 Å². The summed E-state index contributed by atoms with van der Waals surface area (Å²) in [5.41, 5.74) is 5.86. The lowest BCUT2D eigenvalue weighted by Gasteiger charge is -2.29. The zero-order chi connectivity index (χ0) is 23.4. The van der Waals surface area contributed by atoms with Crippen LogP contribution in [0.2, 0.25) is 0 Å². The van der Waals surface area contributed by atoms with E-state index in [0.29, 0.717) is 18.5 Å². The van der Waals surface area contributed by atoms with Gasteiger partial charge in [0.2, 0.25) is 11.8 Å². The third-order valence-corrected chi connectivity index (χ3v) is 7.32. The van der Waals surface area contributed by atoms with Gasteiger partial charge in [-0.05, 0) is 66.3 Å². The van der Waals surface area contributed by atoms with Gasteiger partial charge in [-0.3, -0.25) is 29.0 Å². The second-order valence-corrected chi connectivity index (χ2v) is 9.84. The van der Waals surface area contributed by atoms with E-state index in [-0.39, 0.29) is 24.1 Å². The Balaban J connectivity index is 1.32. The minimum atomic E-state index is -0.604. The van der Waals surface area contributed by atoms with Crippen LogP contribution in [0.15, 0.2) is 42.9 Å². The van der Waals surface area contributed by atoms with Crippen LogP contribution in [0.25, 0.3) is 16.8 Å². The first-order chi connectivity index (χ1) is 16.5. The summed E-state index contributed by atoms with van der Waals surface area (Å²) in [5.74, 6) is -0.0811. The molecule has 34 heavy (non-hydrogen) atoms. The molecule has 2 unspecified atom stereocenters. The summed E-state index contributed by atoms with van der Waals surface area (Å²) in [6, 6.07) is 9.69. The summed E-state index contributed by atoms with van der Waals surface area (Å²) < 4.78 is 2.08. The van der Waals surface area contributed by atoms with Crippen molar-refractivity contribution in [2.75, 3.05) is 13.1 Å². The number of fused-ring (bicyclic) bond motifs is 2. The van der Waals surface area contributed by atoms with Crippen LogP contribution in [0, 0.1) is 5.92 Å². The monoisotopic (exact) mass is 457 g/mol. The van der Waals surface area contributed by atoms with E-state index in [9.17, 15) is 14.4 Å². The van der Waals surface area contributed by atoms with E-state index in [2.05, 4.69) is 44.7 Å². The number of nitrogens with zero attached hydrogens (tertiary/aromatic N) is 4. The summed E-state index contributed by atoms with van der Waals surface area (Å²) in [6.45, 7) is 5.82. The highest BCUT2D eigenvalue weighted by Gasteiger charge is 2.39. The molecule has 2 fully saturated rings. The number of imidazole rings is 1. The van der Waals surface area contributed by atoms with Gasteiger partial charge in [0, 0.05) is 31.6 Å². The normalized spacial score (nSPS) is 23.1. The van der Waals surface area contributed by atoms with E-state index >= 15 is 0 Å². The summed E-state index contributed by atoms with van der Waals surface area (Å²) in [4.78, 5) is 45.4. The Morgan fingerprint density at radius 1 is 1.12 bits per heavy atom. The van der Waals surface area contributed by atoms with E-state index in [0.717, 1.165) is 47.9 Å². The van der Waals surface area contributed by atoms with Crippen molar-refractivity contribution in [1.82, 2.24) is 24.5 Å². The number of nitrogens with one attached hydrogen (secondary N) is 1. The van der Waals surface area contributed by atoms with Crippen molar-refractivity contribution in [3.05, 3.63) is 59.5 Å². The van der Waals surface area contributed by atoms with Crippen LogP contribution in [0.5, 0.6) is 0 Å². The molecule has 1 N–H and O–H groups in total. The molecule has 0 saturated carbocycles. The molecule has 0 spiro atoms. The molecule has 2 saturated heterocycles. The van der Waals surface area contributed by atoms with Gasteiger partial charge in [-0.15, -0.1) is 0 Å². The van der Waals surface area contributed by atoms with Gasteiger partial charge in [0.25, 0.3) is 5.91 Å². The van der Waals surface area contributed by atoms with Crippen LogP contribution in [-0.2, 0) is 22.7 Å². The smallest absolute Gasteiger partial charge is 0.255 e. The zero-order valence-electron chi connectivity index (χ0n) is 19.2. The lowest BCUT2D eigenvalue weighted by Crippen LogP contribution is -2.52. The molecule has 174 valence electrons. The van der Waals surface area contributed by atoms with Gasteiger partial charge in [-0.25, -0.2) is 4.98 Å². The maximum atomic E-state index is 13.1. The average Bonchev–Trinajstić information content (AvgIpc) is 3.52. The summed E-state index contributed by atoms with van der Waals surface area (Å²) in [5, 5.41) is 2.36. The Hall–Kier alpha value is -3.52. The molecule has 2 aromatic heterocycles. The summed E-state index contributed by atoms with van der Waals surface area (Å²) in [7, 11) is 0. The molecular weight excluding hydrogens is 430 g/mol. The SMILES string of the molecule is CC1CCN(Cc2cc(-c3ccc4c(c3)CN(C3CCC(=O)NC3=O)C4=O)n3cncc3c2)C1. The molecular formula is C26H27N5O3. The number of aromatic nitrogens is 2. The Bertz CT molecular complexity index is 1330. The van der Waals surface area contributed by atoms with Crippen LogP contribution in [0.1, 0.15) is 47.7 Å². The number of piperidine rings is 1. The quantitative estimate of drug-likeness (QED) is 0.609. The summed E-state index contributed by atoms with van der Waals surface area (Å²) >= 11 is 0. The fourth-order valence-electron chi connectivity index (χ4n) is 5.57. The number of likely N-dealkylation sites (tertiary alicyclic amines) is 1. The molecule has 0 radical (unpaired) electrons. The van der Waals surface area contributed by atoms with Crippen molar-refractivity contribution in [2.24, 2.45) is 5.92 Å². The van der Waals surface area contributed by atoms with E-state index < -0.39 is 6.04 Å². The van der Waals surface area contributed by atoms with E-state index in [1.807, 2.05) is 24.7 Å². The third kappa shape index (κ3) is 3.58. The molecule has 6 rings (SSSR count). The number of amides is 3. The molecule has 5 heterocycles. The van der Waals surface area contributed by atoms with Crippen LogP contribution >= 0.6 is 0 Å². The molecule has 3 aliphatic rings. The summed E-state index contributed by atoms with van der Waals surface area (Å²) in [6.07, 6.45) is 5.55. The first-order valence-corrected chi connectivity index (χ1v) is 11.9. The standard InChI is InChI=1S/C26H27N5O3/c1-16-6-7-29(12-16)13-17-8-20-11-27-15-31(20)23(9-17)18-2-3-21-19(10-18)14-30(26(21)34)22-4-5-24(32)28-25(22)33/h2-3,8-11,15-16,22H,4-7,12-14H2,1H3,(H,28,32,33). The van der Waals surface area contributed by atoms with Gasteiger partial charge in [0.05, 0.1) is 23.7 Å². The van der Waals surface area contributed by atoms with Crippen molar-refractivity contribution >= 4 is 23.2 Å². The predicted octanol–water partition coefficient (Wildman–Crippen LogP) is 2.60. The zero-order valence-corrected chi connectivity index (χ0v) is 19.2. The van der Waals surface area contributed by atoms with Gasteiger partial charge >= 0.3 is 0 Å². The molecule has 2 atom stereocenters. The fraction of sp³-hybridized carbons (Fsp3) is 0.385. The van der Waals surface area contributed by atoms with Gasteiger partial charge in [0.1, 0.15) is 6.04 Å². The molecule has 0 aliphatic carbocycles. The highest BCUT2D eigenvalue weighted by molar-refractivity contribution is 6.05. The topological polar surface area (TPSA) is 87.0 Å². The van der Waals surface area contributed by atoms with Crippen molar-refractivity contribution in [1.29, 1.82) is 0 Å². The molecule has 3 amide bonds. The van der Waals surface area contributed by atoms with Crippen LogP contribution in [0.4, 0.5) is 0 Å². The Morgan fingerprint density at radius 3 is 2.79 bits per heavy atom. The second kappa shape index (κ2) is 8.06. The second-order valence-electron chi connectivity index (χ2n) is 9.84. The maximum absolute atomic E-state index is 13.1. The molecule has 8 heteroatoms. The highest BCUT2D eigenvalue weighted by Crippen LogP contribution is 2.32. The molecule has 0 bridgehead atoms. The van der Waals surface area contributed by atoms with Crippen molar-refractivity contribution in [3.63, 3.8) is 0 Å². The van der Waals surface area contributed by atoms with Gasteiger partial charge in [0.15, 0.2) is 0 Å². The van der Waals surface area contributed by atoms with Crippen molar-refractivity contribution in [2.45, 2.75) is 45.3 Å². The molecule has 3 aromatic rings. The Labute approximate surface area is 197 Å². The number of carbonyl (C=O) groups is 3. The number of imide groups is 1. The van der Waals surface area contributed by atoms with Crippen LogP contribution in [0.3, 0.4) is 0 Å². The fourth-order valence-corrected chi connectivity index (χ4v) is 5.57. The highest BCUT2D eigenvalue weighted by atomic mass is 16.2. The number of carbonyl (C=O) groups excluding carboxylic acids is 3. The molecule has 1 aromatic carbocycles. The number of hydrogen-bond donors (Lipinski definition) is 1. The number of rotatable bonds is 4. The Morgan fingerprint density at radius 2 is 2.00 bits per heavy atom. The number of hydrogen-bond acceptors (Lipinski definition) is 5. The van der Waals surface area contributed by atoms with Gasteiger partial charge < -0.3 is 4.90 Å². The lowest BCUT2D eigenvalue weighted by atomic mass is 10.0. The van der Waals surface area contributed by atoms with E-state index in [4.69, 9.17) is 0 Å². The van der Waals surface area contributed by atoms with Crippen molar-refractivity contribution < 1.29 is 14.4 Å². The van der Waals surface area contributed by atoms with Crippen molar-refractivity contribution in [3.8, 4) is 11.3 Å². The lowest BCUT2D eigenvalue weighted by molar-refractivity contribution is -0.136. The molecule has 3 aliphatic heterocycles. The first-order valence-electron chi connectivity index (χ1n) is 11.9. The minimum absolute atomic E-state index is 0.152. The predicted molar refractivity (Wildman–Crippen MR) is 126 cm³/mol. The van der Waals surface area contributed by atoms with E-state index in [1.54, 1.807) is 4.90 Å². The minimum Gasteiger partial charge on any atom is -0.322 e. The van der Waals surface area contributed by atoms with E-state index in [1.165, 1.54) is 12.0 Å². The van der Waals surface area contributed by atoms with Crippen LogP contribution < -0.4 is 5.32 Å².